The lowest BCUT2D eigenvalue weighted by atomic mass is 10.0. The van der Waals surface area contributed by atoms with Gasteiger partial charge in [-0.1, -0.05) is 42.5 Å². The Bertz CT molecular complexity index is 1510. The van der Waals surface area contributed by atoms with E-state index in [0.717, 1.165) is 33.4 Å². The predicted octanol–water partition coefficient (Wildman–Crippen LogP) is 5.09. The molecule has 2 heterocycles. The number of primary amides is 1. The highest BCUT2D eigenvalue weighted by Gasteiger charge is 2.18. The third-order valence-electron chi connectivity index (χ3n) is 5.78. The number of nitrogens with one attached hydrogen (secondary N) is 3. The van der Waals surface area contributed by atoms with Crippen LogP contribution in [0, 0.1) is 6.92 Å². The lowest BCUT2D eigenvalue weighted by Gasteiger charge is -2.09. The molecule has 6 N–H and O–H groups in total. The van der Waals surface area contributed by atoms with Crippen LogP contribution in [0.4, 0.5) is 17.3 Å². The van der Waals surface area contributed by atoms with Crippen LogP contribution < -0.4 is 16.4 Å². The number of H-pyrrole nitrogens is 1. The lowest BCUT2D eigenvalue weighted by Crippen LogP contribution is -2.15. The second-order valence-corrected chi connectivity index (χ2v) is 8.25. The van der Waals surface area contributed by atoms with Crippen LogP contribution in [-0.2, 0) is 6.54 Å². The summed E-state index contributed by atoms with van der Waals surface area (Å²) < 4.78 is 0. The third kappa shape index (κ3) is 4.63. The average molecular weight is 465 g/mol. The number of carbonyl (C=O) groups excluding carboxylic acids is 1. The number of aryl methyl sites for hydroxylation is 1. The van der Waals surface area contributed by atoms with Gasteiger partial charge < -0.3 is 21.5 Å². The fourth-order valence-corrected chi connectivity index (χ4v) is 3.97. The van der Waals surface area contributed by atoms with Crippen LogP contribution in [0.25, 0.3) is 22.2 Å². The molecule has 174 valence electrons. The smallest absolute Gasteiger partial charge is 0.256 e. The van der Waals surface area contributed by atoms with Crippen LogP contribution >= 0.6 is 0 Å². The molecule has 0 aliphatic heterocycles. The van der Waals surface area contributed by atoms with Crippen molar-refractivity contribution in [2.75, 3.05) is 10.6 Å². The number of carbonyl (C=O) groups is 1. The molecular weight excluding hydrogens is 440 g/mol. The maximum atomic E-state index is 12.2. The van der Waals surface area contributed by atoms with Crippen molar-refractivity contribution in [1.82, 2.24) is 15.2 Å². The number of hydrogen-bond acceptors (Lipinski definition) is 6. The number of benzene rings is 3. The van der Waals surface area contributed by atoms with Gasteiger partial charge in [-0.3, -0.25) is 9.89 Å². The normalized spacial score (nSPS) is 10.9. The van der Waals surface area contributed by atoms with Gasteiger partial charge in [0, 0.05) is 23.2 Å². The van der Waals surface area contributed by atoms with Crippen molar-refractivity contribution in [2.24, 2.45) is 5.73 Å². The molecule has 8 nitrogen and oxygen atoms in total. The number of pyridine rings is 1. The largest absolute Gasteiger partial charge is 0.508 e. The first-order valence-electron chi connectivity index (χ1n) is 11.1. The number of anilines is 3. The van der Waals surface area contributed by atoms with Crippen molar-refractivity contribution in [1.29, 1.82) is 0 Å². The summed E-state index contributed by atoms with van der Waals surface area (Å²) in [4.78, 5) is 17.0. The van der Waals surface area contributed by atoms with E-state index < -0.39 is 5.91 Å². The standard InChI is InChI=1S/C27H24N6O2/c1-16-14-23(31-22-5-3-2-4-21(16)22)18-8-10-19(11-9-18)30-27-24(25(28)35)26(32-33-27)29-15-17-6-12-20(34)13-7-17/h2-14,34H,15H2,1H3,(H2,28,35)(H3,29,30,32,33). The fourth-order valence-electron chi connectivity index (χ4n) is 3.97. The summed E-state index contributed by atoms with van der Waals surface area (Å²) in [6, 6.07) is 24.7. The number of phenols is 1. The summed E-state index contributed by atoms with van der Waals surface area (Å²) in [5.74, 6) is 0.330. The summed E-state index contributed by atoms with van der Waals surface area (Å²) in [5, 5.41) is 23.9. The van der Waals surface area contributed by atoms with Crippen LogP contribution in [0.5, 0.6) is 5.75 Å². The minimum atomic E-state index is -0.609. The summed E-state index contributed by atoms with van der Waals surface area (Å²) >= 11 is 0. The molecule has 5 rings (SSSR count). The molecule has 0 saturated heterocycles. The molecule has 0 radical (unpaired) electrons. The molecule has 0 saturated carbocycles. The number of hydrogen-bond donors (Lipinski definition) is 5. The van der Waals surface area contributed by atoms with E-state index >= 15 is 0 Å². The molecular formula is C27H24N6O2. The number of fused-ring (bicyclic) bond motifs is 1. The van der Waals surface area contributed by atoms with Crippen LogP contribution in [0.15, 0.2) is 78.9 Å². The highest BCUT2D eigenvalue weighted by molar-refractivity contribution is 6.03. The maximum Gasteiger partial charge on any atom is 0.256 e. The molecule has 8 heteroatoms. The first-order valence-corrected chi connectivity index (χ1v) is 11.1. The molecule has 0 fully saturated rings. The van der Waals surface area contributed by atoms with Gasteiger partial charge in [-0.2, -0.15) is 5.10 Å². The number of aromatic hydroxyl groups is 1. The average Bonchev–Trinajstić information content (AvgIpc) is 3.27. The Labute approximate surface area is 201 Å². The minimum Gasteiger partial charge on any atom is -0.508 e. The first kappa shape index (κ1) is 22.0. The quantitative estimate of drug-likeness (QED) is 0.228. The number of phenolic OH excluding ortho intramolecular Hbond substituents is 1. The van der Waals surface area contributed by atoms with Gasteiger partial charge in [-0.15, -0.1) is 0 Å². The highest BCUT2D eigenvalue weighted by atomic mass is 16.3. The first-order chi connectivity index (χ1) is 17.0. The number of para-hydroxylation sites is 1. The Morgan fingerprint density at radius 2 is 1.77 bits per heavy atom. The van der Waals surface area contributed by atoms with Gasteiger partial charge in [0.15, 0.2) is 5.82 Å². The van der Waals surface area contributed by atoms with Crippen LogP contribution in [0.1, 0.15) is 21.5 Å². The van der Waals surface area contributed by atoms with E-state index in [2.05, 4.69) is 39.9 Å². The number of amides is 1. The molecule has 35 heavy (non-hydrogen) atoms. The van der Waals surface area contributed by atoms with Crippen molar-refractivity contribution in [3.8, 4) is 17.0 Å². The van der Waals surface area contributed by atoms with Crippen LogP contribution in [-0.4, -0.2) is 26.2 Å². The maximum absolute atomic E-state index is 12.2. The van der Waals surface area contributed by atoms with E-state index in [-0.39, 0.29) is 11.3 Å². The second kappa shape index (κ2) is 9.18. The SMILES string of the molecule is Cc1cc(-c2ccc(Nc3[nH]nc(NCc4ccc(O)cc4)c3C(N)=O)cc2)nc2ccccc12. The molecule has 1 amide bonds. The number of rotatable bonds is 7. The molecule has 0 aliphatic carbocycles. The predicted molar refractivity (Wildman–Crippen MR) is 138 cm³/mol. The zero-order chi connectivity index (χ0) is 24.4. The van der Waals surface area contributed by atoms with Gasteiger partial charge in [-0.25, -0.2) is 4.98 Å². The fraction of sp³-hybridized carbons (Fsp3) is 0.0741. The summed E-state index contributed by atoms with van der Waals surface area (Å²) in [7, 11) is 0. The zero-order valence-corrected chi connectivity index (χ0v) is 19.0. The van der Waals surface area contributed by atoms with E-state index in [4.69, 9.17) is 10.7 Å². The van der Waals surface area contributed by atoms with Gasteiger partial charge in [-0.05, 0) is 54.4 Å². The van der Waals surface area contributed by atoms with Crippen molar-refractivity contribution >= 4 is 34.1 Å². The molecule has 0 unspecified atom stereocenters. The Morgan fingerprint density at radius 1 is 1.03 bits per heavy atom. The minimum absolute atomic E-state index is 0.190. The monoisotopic (exact) mass is 464 g/mol. The van der Waals surface area contributed by atoms with E-state index in [1.165, 1.54) is 5.56 Å². The molecule has 2 aromatic heterocycles. The van der Waals surface area contributed by atoms with E-state index in [1.807, 2.05) is 42.5 Å². The topological polar surface area (TPSA) is 129 Å². The van der Waals surface area contributed by atoms with Gasteiger partial charge in [0.2, 0.25) is 0 Å². The van der Waals surface area contributed by atoms with Crippen molar-refractivity contribution in [3.05, 3.63) is 95.6 Å². The van der Waals surface area contributed by atoms with E-state index in [0.29, 0.717) is 18.2 Å². The molecule has 0 spiro atoms. The third-order valence-corrected chi connectivity index (χ3v) is 5.78. The van der Waals surface area contributed by atoms with Crippen molar-refractivity contribution in [2.45, 2.75) is 13.5 Å². The molecule has 0 atom stereocenters. The number of nitrogens with two attached hydrogens (primary N) is 1. The number of aromatic nitrogens is 3. The lowest BCUT2D eigenvalue weighted by molar-refractivity contribution is 0.100. The summed E-state index contributed by atoms with van der Waals surface area (Å²) in [6.45, 7) is 2.50. The van der Waals surface area contributed by atoms with Crippen molar-refractivity contribution < 1.29 is 9.90 Å². The molecule has 5 aromatic rings. The summed E-state index contributed by atoms with van der Waals surface area (Å²) in [6.07, 6.45) is 0. The molecule has 3 aromatic carbocycles. The van der Waals surface area contributed by atoms with Gasteiger partial charge in [0.05, 0.1) is 11.2 Å². The Morgan fingerprint density at radius 3 is 2.51 bits per heavy atom. The van der Waals surface area contributed by atoms with Crippen LogP contribution in [0.3, 0.4) is 0 Å². The Balaban J connectivity index is 1.35. The van der Waals surface area contributed by atoms with E-state index in [1.54, 1.807) is 24.3 Å². The number of aromatic amines is 1. The van der Waals surface area contributed by atoms with Gasteiger partial charge in [0.25, 0.3) is 5.91 Å². The molecule has 0 bridgehead atoms. The highest BCUT2D eigenvalue weighted by Crippen LogP contribution is 2.28. The van der Waals surface area contributed by atoms with E-state index in [9.17, 15) is 9.90 Å². The Hall–Kier alpha value is -4.85. The van der Waals surface area contributed by atoms with Crippen molar-refractivity contribution in [3.63, 3.8) is 0 Å². The number of nitrogens with zero attached hydrogens (tertiary/aromatic N) is 2. The molecule has 0 aliphatic rings. The van der Waals surface area contributed by atoms with Crippen LogP contribution in [0.2, 0.25) is 0 Å². The zero-order valence-electron chi connectivity index (χ0n) is 19.0. The van der Waals surface area contributed by atoms with Gasteiger partial charge in [0.1, 0.15) is 17.1 Å². The Kier molecular flexibility index (Phi) is 5.76. The summed E-state index contributed by atoms with van der Waals surface area (Å²) in [5.41, 5.74) is 11.6. The van der Waals surface area contributed by atoms with Gasteiger partial charge >= 0.3 is 0 Å². The second-order valence-electron chi connectivity index (χ2n) is 8.25.